The second-order valence-electron chi connectivity index (χ2n) is 4.07. The lowest BCUT2D eigenvalue weighted by Crippen LogP contribution is -2.33. The molecule has 1 unspecified atom stereocenters. The van der Waals surface area contributed by atoms with Crippen LogP contribution in [0.25, 0.3) is 0 Å². The van der Waals surface area contributed by atoms with Crippen molar-refractivity contribution in [3.63, 3.8) is 0 Å². The molecule has 0 spiro atoms. The molecule has 0 saturated carbocycles. The zero-order chi connectivity index (χ0) is 12.0. The van der Waals surface area contributed by atoms with Crippen LogP contribution in [-0.4, -0.2) is 47.9 Å². The second kappa shape index (κ2) is 6.91. The van der Waals surface area contributed by atoms with Crippen LogP contribution in [0.3, 0.4) is 0 Å². The number of likely N-dealkylation sites (tertiary alicyclic amines) is 1. The summed E-state index contributed by atoms with van der Waals surface area (Å²) in [7, 11) is 0. The molecule has 0 aromatic heterocycles. The highest BCUT2D eigenvalue weighted by molar-refractivity contribution is 8.13. The molecule has 16 heavy (non-hydrogen) atoms. The Kier molecular flexibility index (Phi) is 5.84. The fraction of sp³-hybridized carbons (Fsp3) is 0.818. The SMILES string of the molecule is CCNCCN1CC(CSC(C)=O)CC1=O. The van der Waals surface area contributed by atoms with E-state index in [4.69, 9.17) is 0 Å². The molecule has 0 aromatic rings. The van der Waals surface area contributed by atoms with E-state index in [1.54, 1.807) is 6.92 Å². The summed E-state index contributed by atoms with van der Waals surface area (Å²) in [6, 6.07) is 0. The van der Waals surface area contributed by atoms with E-state index >= 15 is 0 Å². The summed E-state index contributed by atoms with van der Waals surface area (Å²) in [5.74, 6) is 1.36. The average Bonchev–Trinajstić information content (AvgIpc) is 2.57. The number of hydrogen-bond donors (Lipinski definition) is 1. The molecule has 1 saturated heterocycles. The van der Waals surface area contributed by atoms with E-state index in [1.165, 1.54) is 11.8 Å². The number of rotatable bonds is 6. The molecule has 1 heterocycles. The first kappa shape index (κ1) is 13.5. The lowest BCUT2D eigenvalue weighted by Gasteiger charge is -2.16. The minimum absolute atomic E-state index is 0.138. The van der Waals surface area contributed by atoms with Gasteiger partial charge in [-0.3, -0.25) is 9.59 Å². The van der Waals surface area contributed by atoms with Crippen LogP contribution >= 0.6 is 11.8 Å². The molecule has 1 rings (SSSR count). The van der Waals surface area contributed by atoms with Crippen molar-refractivity contribution in [1.29, 1.82) is 0 Å². The van der Waals surface area contributed by atoms with Gasteiger partial charge in [-0.15, -0.1) is 0 Å². The van der Waals surface area contributed by atoms with E-state index < -0.39 is 0 Å². The Hall–Kier alpha value is -0.550. The van der Waals surface area contributed by atoms with Crippen LogP contribution < -0.4 is 5.32 Å². The number of hydrogen-bond acceptors (Lipinski definition) is 4. The summed E-state index contributed by atoms with van der Waals surface area (Å²) >= 11 is 1.33. The molecule has 1 amide bonds. The Bertz CT molecular complexity index is 258. The molecule has 1 fully saturated rings. The molecule has 0 aliphatic carbocycles. The first-order valence-electron chi connectivity index (χ1n) is 5.75. The Labute approximate surface area is 101 Å². The van der Waals surface area contributed by atoms with E-state index in [-0.39, 0.29) is 11.0 Å². The van der Waals surface area contributed by atoms with E-state index in [0.29, 0.717) is 12.3 Å². The van der Waals surface area contributed by atoms with Crippen molar-refractivity contribution < 1.29 is 9.59 Å². The van der Waals surface area contributed by atoms with Crippen molar-refractivity contribution in [1.82, 2.24) is 10.2 Å². The van der Waals surface area contributed by atoms with Gasteiger partial charge in [0, 0.05) is 38.7 Å². The molecule has 0 radical (unpaired) electrons. The largest absolute Gasteiger partial charge is 0.341 e. The van der Waals surface area contributed by atoms with Gasteiger partial charge in [-0.2, -0.15) is 0 Å². The molecule has 0 bridgehead atoms. The number of thioether (sulfide) groups is 1. The topological polar surface area (TPSA) is 49.4 Å². The van der Waals surface area contributed by atoms with Crippen LogP contribution in [0.4, 0.5) is 0 Å². The Morgan fingerprint density at radius 2 is 2.38 bits per heavy atom. The molecule has 5 heteroatoms. The summed E-state index contributed by atoms with van der Waals surface area (Å²) in [4.78, 5) is 24.4. The molecular weight excluding hydrogens is 224 g/mol. The van der Waals surface area contributed by atoms with Crippen LogP contribution in [0.1, 0.15) is 20.3 Å². The fourth-order valence-corrected chi connectivity index (χ4v) is 2.50. The van der Waals surface area contributed by atoms with E-state index in [1.807, 2.05) is 4.90 Å². The molecule has 4 nitrogen and oxygen atoms in total. The Balaban J connectivity index is 2.24. The van der Waals surface area contributed by atoms with Crippen LogP contribution in [0, 0.1) is 5.92 Å². The van der Waals surface area contributed by atoms with Crippen molar-refractivity contribution in [3.8, 4) is 0 Å². The molecule has 1 N–H and O–H groups in total. The maximum absolute atomic E-state index is 11.6. The number of carbonyl (C=O) groups excluding carboxylic acids is 2. The maximum atomic E-state index is 11.6. The van der Waals surface area contributed by atoms with Crippen LogP contribution in [0.2, 0.25) is 0 Å². The van der Waals surface area contributed by atoms with Crippen LogP contribution in [0.5, 0.6) is 0 Å². The Morgan fingerprint density at radius 3 is 3.00 bits per heavy atom. The van der Waals surface area contributed by atoms with Crippen LogP contribution in [-0.2, 0) is 9.59 Å². The highest BCUT2D eigenvalue weighted by Crippen LogP contribution is 2.21. The molecule has 1 atom stereocenters. The minimum Gasteiger partial charge on any atom is -0.341 e. The first-order chi connectivity index (χ1) is 7.63. The highest BCUT2D eigenvalue weighted by Gasteiger charge is 2.29. The third kappa shape index (κ3) is 4.53. The van der Waals surface area contributed by atoms with Crippen molar-refractivity contribution in [2.45, 2.75) is 20.3 Å². The Morgan fingerprint density at radius 1 is 1.62 bits per heavy atom. The van der Waals surface area contributed by atoms with Crippen molar-refractivity contribution in [2.75, 3.05) is 31.9 Å². The summed E-state index contributed by atoms with van der Waals surface area (Å²) < 4.78 is 0. The van der Waals surface area contributed by atoms with E-state index in [9.17, 15) is 9.59 Å². The monoisotopic (exact) mass is 244 g/mol. The lowest BCUT2D eigenvalue weighted by molar-refractivity contribution is -0.127. The van der Waals surface area contributed by atoms with Gasteiger partial charge in [-0.25, -0.2) is 0 Å². The molecule has 1 aliphatic rings. The van der Waals surface area contributed by atoms with E-state index in [2.05, 4.69) is 12.2 Å². The minimum atomic E-state index is 0.138. The number of nitrogens with zero attached hydrogens (tertiary/aromatic N) is 1. The van der Waals surface area contributed by atoms with Gasteiger partial charge in [0.2, 0.25) is 5.91 Å². The summed E-state index contributed by atoms with van der Waals surface area (Å²) in [6.07, 6.45) is 0.604. The predicted molar refractivity (Wildman–Crippen MR) is 66.4 cm³/mol. The summed E-state index contributed by atoms with van der Waals surface area (Å²) in [5.41, 5.74) is 0. The standard InChI is InChI=1S/C11H20N2O2S/c1-3-12-4-5-13-7-10(6-11(13)15)8-16-9(2)14/h10,12H,3-8H2,1-2H3. The third-order valence-corrected chi connectivity index (χ3v) is 3.67. The number of nitrogens with one attached hydrogen (secondary N) is 1. The molecule has 1 aliphatic heterocycles. The third-order valence-electron chi connectivity index (χ3n) is 2.63. The van der Waals surface area contributed by atoms with E-state index in [0.717, 1.165) is 31.9 Å². The zero-order valence-electron chi connectivity index (χ0n) is 9.99. The van der Waals surface area contributed by atoms with Gasteiger partial charge in [0.1, 0.15) is 0 Å². The number of amides is 1. The van der Waals surface area contributed by atoms with Gasteiger partial charge in [-0.1, -0.05) is 18.7 Å². The summed E-state index contributed by atoms with van der Waals surface area (Å²) in [6.45, 7) is 7.02. The molecule has 92 valence electrons. The lowest BCUT2D eigenvalue weighted by atomic mass is 10.1. The van der Waals surface area contributed by atoms with Crippen LogP contribution in [0.15, 0.2) is 0 Å². The molecular formula is C11H20N2O2S. The quantitative estimate of drug-likeness (QED) is 0.700. The first-order valence-corrected chi connectivity index (χ1v) is 6.74. The molecule has 0 aromatic carbocycles. The second-order valence-corrected chi connectivity index (χ2v) is 5.26. The van der Waals surface area contributed by atoms with Crippen molar-refractivity contribution in [2.24, 2.45) is 5.92 Å². The highest BCUT2D eigenvalue weighted by atomic mass is 32.2. The van der Waals surface area contributed by atoms with Gasteiger partial charge in [-0.05, 0) is 12.5 Å². The smallest absolute Gasteiger partial charge is 0.222 e. The number of likely N-dealkylation sites (N-methyl/N-ethyl adjacent to an activating group) is 1. The normalized spacial score (nSPS) is 20.5. The van der Waals surface area contributed by atoms with Gasteiger partial charge in [0.15, 0.2) is 5.12 Å². The van der Waals surface area contributed by atoms with Gasteiger partial charge in [0.25, 0.3) is 0 Å². The summed E-state index contributed by atoms with van der Waals surface area (Å²) in [5, 5.41) is 3.35. The van der Waals surface area contributed by atoms with Gasteiger partial charge in [0.05, 0.1) is 0 Å². The van der Waals surface area contributed by atoms with Gasteiger partial charge >= 0.3 is 0 Å². The fourth-order valence-electron chi connectivity index (χ4n) is 1.81. The van der Waals surface area contributed by atoms with Crippen molar-refractivity contribution >= 4 is 22.8 Å². The van der Waals surface area contributed by atoms with Crippen molar-refractivity contribution in [3.05, 3.63) is 0 Å². The van der Waals surface area contributed by atoms with Gasteiger partial charge < -0.3 is 10.2 Å². The maximum Gasteiger partial charge on any atom is 0.222 e. The number of carbonyl (C=O) groups is 2. The zero-order valence-corrected chi connectivity index (χ0v) is 10.8. The predicted octanol–water partition coefficient (Wildman–Crippen LogP) is 0.724. The average molecular weight is 244 g/mol.